The summed E-state index contributed by atoms with van der Waals surface area (Å²) in [6, 6.07) is 33.4. The SMILES string of the molecule is O=C(O[C@]1(c2ccccc2)NCCc2ccccc21)C(O)C(O)C(=O)O[C@]1(c2ccccc2)NCCc2ccccc21. The zero-order valence-corrected chi connectivity index (χ0v) is 22.9. The molecule has 8 nitrogen and oxygen atoms in total. The summed E-state index contributed by atoms with van der Waals surface area (Å²) < 4.78 is 12.0. The molecule has 2 aliphatic heterocycles. The Morgan fingerprint density at radius 2 is 0.929 bits per heavy atom. The lowest BCUT2D eigenvalue weighted by Crippen LogP contribution is -2.56. The van der Waals surface area contributed by atoms with Crippen LogP contribution in [-0.2, 0) is 43.4 Å². The Bertz CT molecular complexity index is 1460. The minimum Gasteiger partial charge on any atom is -0.433 e. The van der Waals surface area contributed by atoms with Gasteiger partial charge in [0, 0.05) is 35.3 Å². The monoisotopic (exact) mass is 564 g/mol. The molecule has 42 heavy (non-hydrogen) atoms. The molecular formula is C34H32N2O6. The molecule has 2 heterocycles. The van der Waals surface area contributed by atoms with Crippen LogP contribution in [0, 0.1) is 0 Å². The van der Waals surface area contributed by atoms with E-state index in [9.17, 15) is 19.8 Å². The lowest BCUT2D eigenvalue weighted by Gasteiger charge is -2.41. The molecule has 4 aromatic carbocycles. The molecular weight excluding hydrogens is 532 g/mol. The number of aliphatic hydroxyl groups is 2. The number of carbonyl (C=O) groups is 2. The average Bonchev–Trinajstić information content (AvgIpc) is 3.05. The van der Waals surface area contributed by atoms with Gasteiger partial charge in [-0.05, 0) is 24.0 Å². The molecule has 8 heteroatoms. The normalized spacial score (nSPS) is 22.6. The fraction of sp³-hybridized carbons (Fsp3) is 0.235. The van der Waals surface area contributed by atoms with Gasteiger partial charge in [0.25, 0.3) is 0 Å². The van der Waals surface area contributed by atoms with Crippen LogP contribution >= 0.6 is 0 Å². The molecule has 0 amide bonds. The van der Waals surface area contributed by atoms with Crippen molar-refractivity contribution in [2.75, 3.05) is 13.1 Å². The number of aliphatic hydroxyl groups excluding tert-OH is 2. The van der Waals surface area contributed by atoms with Crippen molar-refractivity contribution in [1.29, 1.82) is 0 Å². The number of hydrogen-bond donors (Lipinski definition) is 4. The third-order valence-corrected chi connectivity index (χ3v) is 7.98. The van der Waals surface area contributed by atoms with Gasteiger partial charge in [-0.1, -0.05) is 109 Å². The highest BCUT2D eigenvalue weighted by Crippen LogP contribution is 2.38. The highest BCUT2D eigenvalue weighted by atomic mass is 16.6. The number of esters is 2. The second-order valence-corrected chi connectivity index (χ2v) is 10.5. The summed E-state index contributed by atoms with van der Waals surface area (Å²) in [6.07, 6.45) is -2.98. The quantitative estimate of drug-likeness (QED) is 0.253. The van der Waals surface area contributed by atoms with Crippen molar-refractivity contribution in [3.05, 3.63) is 143 Å². The Labute approximate surface area is 243 Å². The van der Waals surface area contributed by atoms with E-state index >= 15 is 0 Å². The van der Waals surface area contributed by atoms with E-state index < -0.39 is 35.6 Å². The molecule has 0 aliphatic carbocycles. The van der Waals surface area contributed by atoms with Crippen molar-refractivity contribution in [2.24, 2.45) is 0 Å². The number of benzene rings is 4. The van der Waals surface area contributed by atoms with Crippen molar-refractivity contribution in [1.82, 2.24) is 10.6 Å². The lowest BCUT2D eigenvalue weighted by atomic mass is 9.86. The standard InChI is InChI=1S/C34H32N2O6/c37-29(31(39)41-33(25-13-3-1-4-14-25)27-17-9-7-11-23(27)19-21-35-33)30(38)32(40)42-34(26-15-5-2-6-16-26)28-18-10-8-12-24(28)20-22-36-34/h1-18,29-30,35-38H,19-22H2/t29?,30?,33-,34-/m0/s1. The van der Waals surface area contributed by atoms with Gasteiger partial charge in [0.1, 0.15) is 0 Å². The Morgan fingerprint density at radius 3 is 1.33 bits per heavy atom. The summed E-state index contributed by atoms with van der Waals surface area (Å²) in [5.41, 5.74) is 1.82. The number of fused-ring (bicyclic) bond motifs is 2. The van der Waals surface area contributed by atoms with Crippen molar-refractivity contribution >= 4 is 11.9 Å². The minimum absolute atomic E-state index is 0.505. The van der Waals surface area contributed by atoms with Crippen LogP contribution in [0.5, 0.6) is 0 Å². The predicted molar refractivity (Wildman–Crippen MR) is 155 cm³/mol. The molecule has 0 saturated carbocycles. The van der Waals surface area contributed by atoms with Gasteiger partial charge in [-0.2, -0.15) is 0 Å². The second kappa shape index (κ2) is 11.5. The highest BCUT2D eigenvalue weighted by molar-refractivity contribution is 5.86. The van der Waals surface area contributed by atoms with Gasteiger partial charge >= 0.3 is 11.9 Å². The minimum atomic E-state index is -2.21. The molecule has 4 N–H and O–H groups in total. The number of hydrogen-bond acceptors (Lipinski definition) is 8. The van der Waals surface area contributed by atoms with Gasteiger partial charge in [0.2, 0.25) is 11.4 Å². The van der Waals surface area contributed by atoms with Gasteiger partial charge < -0.3 is 19.7 Å². The smallest absolute Gasteiger partial charge is 0.340 e. The van der Waals surface area contributed by atoms with Crippen LogP contribution < -0.4 is 10.6 Å². The first-order chi connectivity index (χ1) is 20.4. The number of carbonyl (C=O) groups excluding carboxylic acids is 2. The first-order valence-corrected chi connectivity index (χ1v) is 14.0. The van der Waals surface area contributed by atoms with Crippen LogP contribution in [0.15, 0.2) is 109 Å². The van der Waals surface area contributed by atoms with E-state index in [1.165, 1.54) is 0 Å². The number of ether oxygens (including phenoxy) is 2. The van der Waals surface area contributed by atoms with Crippen molar-refractivity contribution in [3.8, 4) is 0 Å². The molecule has 6 rings (SSSR count). The summed E-state index contributed by atoms with van der Waals surface area (Å²) in [5.74, 6) is -2.34. The van der Waals surface area contributed by atoms with Crippen LogP contribution in [0.25, 0.3) is 0 Å². The van der Waals surface area contributed by atoms with E-state index in [0.29, 0.717) is 35.3 Å². The molecule has 0 aromatic heterocycles. The van der Waals surface area contributed by atoms with Gasteiger partial charge in [-0.3, -0.25) is 10.6 Å². The molecule has 0 bridgehead atoms. The van der Waals surface area contributed by atoms with Gasteiger partial charge in [-0.25, -0.2) is 9.59 Å². The third kappa shape index (κ3) is 4.88. The van der Waals surface area contributed by atoms with Crippen LogP contribution in [0.3, 0.4) is 0 Å². The van der Waals surface area contributed by atoms with Crippen LogP contribution in [0.4, 0.5) is 0 Å². The molecule has 0 fully saturated rings. The van der Waals surface area contributed by atoms with Crippen molar-refractivity contribution < 1.29 is 29.3 Å². The summed E-state index contributed by atoms with van der Waals surface area (Å²) in [4.78, 5) is 27.0. The van der Waals surface area contributed by atoms with E-state index in [2.05, 4.69) is 10.6 Å². The van der Waals surface area contributed by atoms with E-state index in [0.717, 1.165) is 24.0 Å². The largest absolute Gasteiger partial charge is 0.433 e. The molecule has 4 atom stereocenters. The number of nitrogens with one attached hydrogen (secondary N) is 2. The topological polar surface area (TPSA) is 117 Å². The van der Waals surface area contributed by atoms with E-state index in [4.69, 9.17) is 9.47 Å². The zero-order chi connectivity index (χ0) is 29.2. The lowest BCUT2D eigenvalue weighted by molar-refractivity contribution is -0.190. The Morgan fingerprint density at radius 1 is 0.571 bits per heavy atom. The maximum absolute atomic E-state index is 13.5. The van der Waals surface area contributed by atoms with Crippen LogP contribution in [-0.4, -0.2) is 47.4 Å². The Kier molecular flexibility index (Phi) is 7.62. The predicted octanol–water partition coefficient (Wildman–Crippen LogP) is 2.89. The first-order valence-electron chi connectivity index (χ1n) is 14.0. The average molecular weight is 565 g/mol. The van der Waals surface area contributed by atoms with Gasteiger partial charge in [-0.15, -0.1) is 0 Å². The van der Waals surface area contributed by atoms with Crippen LogP contribution in [0.1, 0.15) is 33.4 Å². The summed E-state index contributed by atoms with van der Waals surface area (Å²) >= 11 is 0. The summed E-state index contributed by atoms with van der Waals surface area (Å²) in [6.45, 7) is 1.01. The fourth-order valence-electron chi connectivity index (χ4n) is 5.94. The van der Waals surface area contributed by atoms with Gasteiger partial charge in [0.05, 0.1) is 0 Å². The molecule has 2 aliphatic rings. The number of rotatable bonds is 7. The van der Waals surface area contributed by atoms with E-state index in [-0.39, 0.29) is 0 Å². The molecule has 0 saturated heterocycles. The third-order valence-electron chi connectivity index (χ3n) is 7.98. The second-order valence-electron chi connectivity index (χ2n) is 10.5. The van der Waals surface area contributed by atoms with Crippen LogP contribution in [0.2, 0.25) is 0 Å². The molecule has 214 valence electrons. The van der Waals surface area contributed by atoms with Gasteiger partial charge in [0.15, 0.2) is 12.2 Å². The maximum Gasteiger partial charge on any atom is 0.340 e. The Hall–Kier alpha value is -4.34. The zero-order valence-electron chi connectivity index (χ0n) is 22.9. The molecule has 0 spiro atoms. The highest BCUT2D eigenvalue weighted by Gasteiger charge is 2.47. The van der Waals surface area contributed by atoms with E-state index in [1.807, 2.05) is 109 Å². The molecule has 2 unspecified atom stereocenters. The summed E-state index contributed by atoms with van der Waals surface area (Å²) in [7, 11) is 0. The molecule has 0 radical (unpaired) electrons. The van der Waals surface area contributed by atoms with E-state index in [1.54, 1.807) is 0 Å². The fourth-order valence-corrected chi connectivity index (χ4v) is 5.94. The maximum atomic E-state index is 13.5. The first kappa shape index (κ1) is 27.8. The summed E-state index contributed by atoms with van der Waals surface area (Å²) in [5, 5.41) is 28.6. The Balaban J connectivity index is 1.29. The molecule has 4 aromatic rings. The van der Waals surface area contributed by atoms with Crippen molar-refractivity contribution in [2.45, 2.75) is 36.5 Å². The van der Waals surface area contributed by atoms with Crippen molar-refractivity contribution in [3.63, 3.8) is 0 Å².